The number of ether oxygens (including phenoxy) is 1. The molecule has 3 aromatic rings. The van der Waals surface area contributed by atoms with Gasteiger partial charge in [0.15, 0.2) is 0 Å². The zero-order valence-electron chi connectivity index (χ0n) is 14.0. The Morgan fingerprint density at radius 3 is 2.73 bits per heavy atom. The Kier molecular flexibility index (Phi) is 5.34. The van der Waals surface area contributed by atoms with Gasteiger partial charge in [-0.25, -0.2) is 4.68 Å². The summed E-state index contributed by atoms with van der Waals surface area (Å²) in [5.74, 6) is 0.253. The molecule has 0 aliphatic heterocycles. The lowest BCUT2D eigenvalue weighted by Crippen LogP contribution is -2.29. The quantitative estimate of drug-likeness (QED) is 0.749. The third kappa shape index (κ3) is 4.10. The third-order valence-electron chi connectivity index (χ3n) is 3.66. The second-order valence-corrected chi connectivity index (χ2v) is 5.88. The van der Waals surface area contributed by atoms with Crippen molar-refractivity contribution in [2.45, 2.75) is 6.54 Å². The van der Waals surface area contributed by atoms with Crippen LogP contribution in [-0.4, -0.2) is 22.8 Å². The zero-order valence-corrected chi connectivity index (χ0v) is 14.7. The number of carbonyl (C=O) groups excluding carboxylic acids is 1. The Morgan fingerprint density at radius 1 is 1.15 bits per heavy atom. The normalized spacial score (nSPS) is 10.4. The number of nitrogens with zero attached hydrogens (tertiary/aromatic N) is 2. The number of aromatic nitrogens is 2. The van der Waals surface area contributed by atoms with Gasteiger partial charge >= 0.3 is 0 Å². The van der Waals surface area contributed by atoms with Crippen LogP contribution >= 0.6 is 11.6 Å². The molecule has 3 rings (SSSR count). The summed E-state index contributed by atoms with van der Waals surface area (Å²) in [5, 5.41) is 7.49. The summed E-state index contributed by atoms with van der Waals surface area (Å²) in [6, 6.07) is 17.1. The first kappa shape index (κ1) is 17.7. The highest BCUT2D eigenvalue weighted by Crippen LogP contribution is 2.24. The molecule has 0 saturated heterocycles. The first-order valence-corrected chi connectivity index (χ1v) is 8.21. The van der Waals surface area contributed by atoms with Gasteiger partial charge in [0, 0.05) is 23.4 Å². The van der Waals surface area contributed by atoms with E-state index in [0.717, 1.165) is 4.68 Å². The lowest BCUT2D eigenvalue weighted by molar-refractivity contribution is -0.117. The summed E-state index contributed by atoms with van der Waals surface area (Å²) >= 11 is 6.17. The molecule has 132 valence electrons. The van der Waals surface area contributed by atoms with Crippen molar-refractivity contribution in [3.63, 3.8) is 0 Å². The number of nitrogens with one attached hydrogen (secondary N) is 1. The number of rotatable bonds is 5. The van der Waals surface area contributed by atoms with Crippen molar-refractivity contribution in [2.24, 2.45) is 0 Å². The van der Waals surface area contributed by atoms with E-state index in [1.54, 1.807) is 49.6 Å². The Morgan fingerprint density at radius 2 is 1.96 bits per heavy atom. The molecule has 1 aromatic heterocycles. The zero-order chi connectivity index (χ0) is 18.5. The standard InChI is InChI=1S/C19H16ClN3O3/c1-26-14-6-4-5-13(11-14)21-18(24)12-23-19(25)10-9-17(22-23)15-7-2-3-8-16(15)20/h2-11H,12H2,1H3,(H,21,24). The predicted octanol–water partition coefficient (Wildman–Crippen LogP) is 3.21. The topological polar surface area (TPSA) is 73.2 Å². The lowest BCUT2D eigenvalue weighted by Gasteiger charge is -2.09. The van der Waals surface area contributed by atoms with Gasteiger partial charge in [0.05, 0.1) is 17.8 Å². The van der Waals surface area contributed by atoms with Gasteiger partial charge in [0.1, 0.15) is 12.3 Å². The molecule has 0 unspecified atom stereocenters. The van der Waals surface area contributed by atoms with E-state index in [-0.39, 0.29) is 18.0 Å². The number of hydrogen-bond acceptors (Lipinski definition) is 4. The molecule has 0 bridgehead atoms. The molecule has 0 aliphatic rings. The number of amides is 1. The lowest BCUT2D eigenvalue weighted by atomic mass is 10.1. The highest BCUT2D eigenvalue weighted by atomic mass is 35.5. The maximum Gasteiger partial charge on any atom is 0.267 e. The molecule has 1 N–H and O–H groups in total. The van der Waals surface area contributed by atoms with Crippen LogP contribution in [0, 0.1) is 0 Å². The summed E-state index contributed by atoms with van der Waals surface area (Å²) in [6.45, 7) is -0.214. The van der Waals surface area contributed by atoms with Crippen LogP contribution in [0.5, 0.6) is 5.75 Å². The maximum atomic E-state index is 12.3. The fourth-order valence-electron chi connectivity index (χ4n) is 2.41. The van der Waals surface area contributed by atoms with E-state index in [9.17, 15) is 9.59 Å². The van der Waals surface area contributed by atoms with Crippen LogP contribution in [0.25, 0.3) is 11.3 Å². The molecule has 0 radical (unpaired) electrons. The predicted molar refractivity (Wildman–Crippen MR) is 101 cm³/mol. The van der Waals surface area contributed by atoms with Gasteiger partial charge in [0.2, 0.25) is 5.91 Å². The van der Waals surface area contributed by atoms with Crippen molar-refractivity contribution in [1.29, 1.82) is 0 Å². The molecule has 1 heterocycles. The second kappa shape index (κ2) is 7.84. The molecule has 0 saturated carbocycles. The van der Waals surface area contributed by atoms with Gasteiger partial charge in [-0.1, -0.05) is 35.9 Å². The number of carbonyl (C=O) groups is 1. The fraction of sp³-hybridized carbons (Fsp3) is 0.105. The largest absolute Gasteiger partial charge is 0.497 e. The van der Waals surface area contributed by atoms with Crippen LogP contribution < -0.4 is 15.6 Å². The number of hydrogen-bond donors (Lipinski definition) is 1. The van der Waals surface area contributed by atoms with Crippen molar-refractivity contribution >= 4 is 23.2 Å². The number of halogens is 1. The SMILES string of the molecule is COc1cccc(NC(=O)Cn2nc(-c3ccccc3Cl)ccc2=O)c1. The molecule has 0 fully saturated rings. The Hall–Kier alpha value is -3.12. The average Bonchev–Trinajstić information content (AvgIpc) is 2.64. The minimum atomic E-state index is -0.374. The molecule has 0 spiro atoms. The second-order valence-electron chi connectivity index (χ2n) is 5.47. The molecular formula is C19H16ClN3O3. The van der Waals surface area contributed by atoms with E-state index in [4.69, 9.17) is 16.3 Å². The first-order chi connectivity index (χ1) is 12.6. The van der Waals surface area contributed by atoms with Crippen LogP contribution in [0.2, 0.25) is 5.02 Å². The van der Waals surface area contributed by atoms with Gasteiger partial charge in [-0.15, -0.1) is 0 Å². The van der Waals surface area contributed by atoms with Crippen LogP contribution in [0.1, 0.15) is 0 Å². The van der Waals surface area contributed by atoms with Gasteiger partial charge in [-0.3, -0.25) is 9.59 Å². The van der Waals surface area contributed by atoms with Gasteiger partial charge in [-0.05, 0) is 24.3 Å². The van der Waals surface area contributed by atoms with E-state index in [2.05, 4.69) is 10.4 Å². The van der Waals surface area contributed by atoms with Crippen LogP contribution in [0.3, 0.4) is 0 Å². The summed E-state index contributed by atoms with van der Waals surface area (Å²) in [4.78, 5) is 24.3. The molecule has 6 nitrogen and oxygen atoms in total. The molecule has 2 aromatic carbocycles. The average molecular weight is 370 g/mol. The highest BCUT2D eigenvalue weighted by molar-refractivity contribution is 6.33. The summed E-state index contributed by atoms with van der Waals surface area (Å²) in [5.41, 5.74) is 1.41. The van der Waals surface area contributed by atoms with Crippen molar-refractivity contribution in [3.8, 4) is 17.0 Å². The number of anilines is 1. The van der Waals surface area contributed by atoms with Crippen molar-refractivity contribution in [3.05, 3.63) is 76.0 Å². The molecular weight excluding hydrogens is 354 g/mol. The van der Waals surface area contributed by atoms with Gasteiger partial charge in [0.25, 0.3) is 5.56 Å². The maximum absolute atomic E-state index is 12.3. The molecule has 0 aliphatic carbocycles. The van der Waals surface area contributed by atoms with E-state index < -0.39 is 0 Å². The summed E-state index contributed by atoms with van der Waals surface area (Å²) in [6.07, 6.45) is 0. The Balaban J connectivity index is 1.81. The van der Waals surface area contributed by atoms with Crippen LogP contribution in [-0.2, 0) is 11.3 Å². The van der Waals surface area contributed by atoms with E-state index in [1.165, 1.54) is 6.07 Å². The minimum absolute atomic E-state index is 0.214. The third-order valence-corrected chi connectivity index (χ3v) is 3.99. The monoisotopic (exact) mass is 369 g/mol. The molecule has 26 heavy (non-hydrogen) atoms. The first-order valence-electron chi connectivity index (χ1n) is 7.84. The van der Waals surface area contributed by atoms with E-state index in [0.29, 0.717) is 27.7 Å². The Bertz CT molecular complexity index is 1000. The molecule has 7 heteroatoms. The highest BCUT2D eigenvalue weighted by Gasteiger charge is 2.10. The molecule has 1 amide bonds. The minimum Gasteiger partial charge on any atom is -0.497 e. The van der Waals surface area contributed by atoms with Crippen molar-refractivity contribution in [1.82, 2.24) is 9.78 Å². The summed E-state index contributed by atoms with van der Waals surface area (Å²) < 4.78 is 6.22. The van der Waals surface area contributed by atoms with Crippen molar-refractivity contribution in [2.75, 3.05) is 12.4 Å². The summed E-state index contributed by atoms with van der Waals surface area (Å²) in [7, 11) is 1.55. The Labute approximate surface area is 155 Å². The smallest absolute Gasteiger partial charge is 0.267 e. The number of methoxy groups -OCH3 is 1. The fourth-order valence-corrected chi connectivity index (χ4v) is 2.64. The number of benzene rings is 2. The van der Waals surface area contributed by atoms with Crippen molar-refractivity contribution < 1.29 is 9.53 Å². The van der Waals surface area contributed by atoms with Gasteiger partial charge in [-0.2, -0.15) is 5.10 Å². The molecule has 0 atom stereocenters. The van der Waals surface area contributed by atoms with Crippen LogP contribution in [0.15, 0.2) is 65.5 Å². The van der Waals surface area contributed by atoms with Gasteiger partial charge < -0.3 is 10.1 Å². The van der Waals surface area contributed by atoms with E-state index in [1.807, 2.05) is 12.1 Å². The van der Waals surface area contributed by atoms with E-state index >= 15 is 0 Å². The van der Waals surface area contributed by atoms with Crippen LogP contribution in [0.4, 0.5) is 5.69 Å².